The van der Waals surface area contributed by atoms with E-state index in [1.54, 1.807) is 11.8 Å². The number of thioether (sulfide) groups is 1. The van der Waals surface area contributed by atoms with Gasteiger partial charge in [-0.2, -0.15) is 0 Å². The highest BCUT2D eigenvalue weighted by atomic mass is 32.2. The van der Waals surface area contributed by atoms with Crippen LogP contribution < -0.4 is 5.32 Å². The standard InChI is InChI=1S/C10H12N2S/c1-13-10-11-7-9(12-10)8-5-3-2-4-6-8/h2-6,9H,7H2,1H3,(H,11,12). The van der Waals surface area contributed by atoms with E-state index in [4.69, 9.17) is 0 Å². The summed E-state index contributed by atoms with van der Waals surface area (Å²) in [7, 11) is 0. The van der Waals surface area contributed by atoms with Crippen molar-refractivity contribution in [3.8, 4) is 0 Å². The smallest absolute Gasteiger partial charge is 0.156 e. The van der Waals surface area contributed by atoms with Gasteiger partial charge in [-0.25, -0.2) is 0 Å². The molecule has 0 bridgehead atoms. The third-order valence-corrected chi connectivity index (χ3v) is 2.74. The minimum atomic E-state index is 0.378. The summed E-state index contributed by atoms with van der Waals surface area (Å²) in [5.74, 6) is 0. The molecule has 1 aliphatic heterocycles. The first-order valence-corrected chi connectivity index (χ1v) is 5.52. The quantitative estimate of drug-likeness (QED) is 0.736. The molecule has 0 saturated carbocycles. The van der Waals surface area contributed by atoms with E-state index in [0.29, 0.717) is 6.04 Å². The van der Waals surface area contributed by atoms with Crippen molar-refractivity contribution in [1.29, 1.82) is 0 Å². The third-order valence-electron chi connectivity index (χ3n) is 2.11. The van der Waals surface area contributed by atoms with Gasteiger partial charge in [0.05, 0.1) is 12.6 Å². The Balaban J connectivity index is 2.07. The van der Waals surface area contributed by atoms with Crippen molar-refractivity contribution in [2.24, 2.45) is 4.99 Å². The van der Waals surface area contributed by atoms with Crippen LogP contribution in [0.1, 0.15) is 11.6 Å². The van der Waals surface area contributed by atoms with Crippen LogP contribution in [0.2, 0.25) is 0 Å². The summed E-state index contributed by atoms with van der Waals surface area (Å²) in [6.45, 7) is 0.861. The van der Waals surface area contributed by atoms with Gasteiger partial charge in [0.2, 0.25) is 0 Å². The van der Waals surface area contributed by atoms with Crippen molar-refractivity contribution in [3.63, 3.8) is 0 Å². The van der Waals surface area contributed by atoms with Crippen molar-refractivity contribution in [1.82, 2.24) is 5.32 Å². The number of hydrogen-bond acceptors (Lipinski definition) is 3. The van der Waals surface area contributed by atoms with Gasteiger partial charge in [0.1, 0.15) is 0 Å². The summed E-state index contributed by atoms with van der Waals surface area (Å²) in [4.78, 5) is 4.38. The average molecular weight is 192 g/mol. The molecule has 68 valence electrons. The van der Waals surface area contributed by atoms with Crippen molar-refractivity contribution in [2.75, 3.05) is 12.8 Å². The topological polar surface area (TPSA) is 24.4 Å². The maximum absolute atomic E-state index is 4.38. The van der Waals surface area contributed by atoms with Crippen LogP contribution in [-0.2, 0) is 0 Å². The highest BCUT2D eigenvalue weighted by Gasteiger charge is 2.17. The fraction of sp³-hybridized carbons (Fsp3) is 0.300. The lowest BCUT2D eigenvalue weighted by Crippen LogP contribution is -2.20. The summed E-state index contributed by atoms with van der Waals surface area (Å²) >= 11 is 1.67. The van der Waals surface area contributed by atoms with Gasteiger partial charge < -0.3 is 5.32 Å². The fourth-order valence-corrected chi connectivity index (χ4v) is 1.88. The molecule has 2 nitrogen and oxygen atoms in total. The number of nitrogens with zero attached hydrogens (tertiary/aromatic N) is 1. The number of nitrogens with one attached hydrogen (secondary N) is 1. The van der Waals surface area contributed by atoms with Gasteiger partial charge in [0.15, 0.2) is 5.17 Å². The van der Waals surface area contributed by atoms with E-state index >= 15 is 0 Å². The molecule has 0 aliphatic carbocycles. The molecule has 0 fully saturated rings. The van der Waals surface area contributed by atoms with Crippen LogP contribution >= 0.6 is 11.8 Å². The van der Waals surface area contributed by atoms with Crippen LogP contribution in [0.25, 0.3) is 0 Å². The summed E-state index contributed by atoms with van der Waals surface area (Å²) in [5.41, 5.74) is 1.32. The minimum absolute atomic E-state index is 0.378. The number of amidine groups is 1. The monoisotopic (exact) mass is 192 g/mol. The van der Waals surface area contributed by atoms with Crippen molar-refractivity contribution >= 4 is 16.9 Å². The molecule has 1 aromatic rings. The molecule has 0 saturated heterocycles. The third kappa shape index (κ3) is 1.86. The summed E-state index contributed by atoms with van der Waals surface area (Å²) in [6, 6.07) is 10.8. The Morgan fingerprint density at radius 3 is 2.77 bits per heavy atom. The average Bonchev–Trinajstić information content (AvgIpc) is 2.67. The van der Waals surface area contributed by atoms with Crippen LogP contribution in [0.3, 0.4) is 0 Å². The molecule has 1 heterocycles. The predicted octanol–water partition coefficient (Wildman–Crippen LogP) is 2.05. The van der Waals surface area contributed by atoms with Gasteiger partial charge in [-0.3, -0.25) is 4.99 Å². The second kappa shape index (κ2) is 3.83. The molecular weight excluding hydrogens is 180 g/mol. The molecule has 13 heavy (non-hydrogen) atoms. The molecule has 0 amide bonds. The number of aliphatic imine (C=N–C) groups is 1. The number of benzene rings is 1. The zero-order valence-corrected chi connectivity index (χ0v) is 8.34. The van der Waals surface area contributed by atoms with Crippen LogP contribution in [0, 0.1) is 0 Å². The Bertz CT molecular complexity index is 308. The summed E-state index contributed by atoms with van der Waals surface area (Å²) in [5, 5.41) is 4.42. The van der Waals surface area contributed by atoms with E-state index in [2.05, 4.69) is 34.6 Å². The van der Waals surface area contributed by atoms with E-state index in [9.17, 15) is 0 Å². The van der Waals surface area contributed by atoms with Crippen molar-refractivity contribution in [2.45, 2.75) is 6.04 Å². The second-order valence-corrected chi connectivity index (χ2v) is 3.75. The van der Waals surface area contributed by atoms with Crippen LogP contribution in [0.5, 0.6) is 0 Å². The normalized spacial score (nSPS) is 21.0. The highest BCUT2D eigenvalue weighted by molar-refractivity contribution is 8.13. The van der Waals surface area contributed by atoms with Gasteiger partial charge >= 0.3 is 0 Å². The Morgan fingerprint density at radius 2 is 2.15 bits per heavy atom. The van der Waals surface area contributed by atoms with Gasteiger partial charge in [0.25, 0.3) is 0 Å². The Morgan fingerprint density at radius 1 is 1.38 bits per heavy atom. The molecule has 2 rings (SSSR count). The van der Waals surface area contributed by atoms with Crippen molar-refractivity contribution < 1.29 is 0 Å². The molecule has 0 aromatic heterocycles. The Hall–Kier alpha value is -0.960. The first kappa shape index (κ1) is 8.63. The maximum atomic E-state index is 4.38. The zero-order valence-electron chi connectivity index (χ0n) is 7.53. The Labute approximate surface area is 82.5 Å². The first-order valence-electron chi connectivity index (χ1n) is 4.30. The summed E-state index contributed by atoms with van der Waals surface area (Å²) in [6.07, 6.45) is 2.04. The highest BCUT2D eigenvalue weighted by Crippen LogP contribution is 2.18. The number of rotatable bonds is 1. The molecule has 1 aliphatic rings. The van der Waals surface area contributed by atoms with Gasteiger partial charge in [-0.15, -0.1) is 0 Å². The van der Waals surface area contributed by atoms with Crippen molar-refractivity contribution in [3.05, 3.63) is 35.9 Å². The predicted molar refractivity (Wildman–Crippen MR) is 58.1 cm³/mol. The molecule has 0 radical (unpaired) electrons. The lowest BCUT2D eigenvalue weighted by molar-refractivity contribution is 0.712. The Kier molecular flexibility index (Phi) is 2.54. The number of hydrogen-bond donors (Lipinski definition) is 1. The van der Waals surface area contributed by atoms with E-state index in [0.717, 1.165) is 11.7 Å². The van der Waals surface area contributed by atoms with Gasteiger partial charge in [-0.05, 0) is 11.8 Å². The van der Waals surface area contributed by atoms with Crippen LogP contribution in [-0.4, -0.2) is 18.0 Å². The maximum Gasteiger partial charge on any atom is 0.156 e. The largest absolute Gasteiger partial charge is 0.356 e. The van der Waals surface area contributed by atoms with E-state index < -0.39 is 0 Å². The zero-order chi connectivity index (χ0) is 9.10. The molecular formula is C10H12N2S. The summed E-state index contributed by atoms with van der Waals surface area (Å²) < 4.78 is 0. The minimum Gasteiger partial charge on any atom is -0.356 e. The molecule has 3 heteroatoms. The lowest BCUT2D eigenvalue weighted by atomic mass is 10.1. The van der Waals surface area contributed by atoms with E-state index in [1.807, 2.05) is 12.3 Å². The fourth-order valence-electron chi connectivity index (χ4n) is 1.41. The van der Waals surface area contributed by atoms with E-state index in [-0.39, 0.29) is 0 Å². The molecule has 1 unspecified atom stereocenters. The SMILES string of the molecule is CSC1=NCC(c2ccccc2)N1. The second-order valence-electron chi connectivity index (χ2n) is 2.96. The van der Waals surface area contributed by atoms with Gasteiger partial charge in [-0.1, -0.05) is 42.1 Å². The molecule has 0 spiro atoms. The van der Waals surface area contributed by atoms with E-state index in [1.165, 1.54) is 5.56 Å². The van der Waals surface area contributed by atoms with Crippen LogP contribution in [0.4, 0.5) is 0 Å². The van der Waals surface area contributed by atoms with Gasteiger partial charge in [0, 0.05) is 0 Å². The lowest BCUT2D eigenvalue weighted by Gasteiger charge is -2.10. The van der Waals surface area contributed by atoms with Crippen LogP contribution in [0.15, 0.2) is 35.3 Å². The first-order chi connectivity index (χ1) is 6.40. The molecule has 1 aromatic carbocycles. The molecule has 1 atom stereocenters. The molecule has 1 N–H and O–H groups in total.